The topological polar surface area (TPSA) is 12.0 Å². The molecule has 1 aliphatic rings. The van der Waals surface area contributed by atoms with E-state index in [0.717, 1.165) is 17.1 Å². The van der Waals surface area contributed by atoms with Gasteiger partial charge in [0.1, 0.15) is 5.82 Å². The molecule has 0 saturated carbocycles. The van der Waals surface area contributed by atoms with E-state index in [2.05, 4.69) is 25.2 Å². The molecule has 0 fully saturated rings. The summed E-state index contributed by atoms with van der Waals surface area (Å²) in [5.74, 6) is -0.172. The van der Waals surface area contributed by atoms with Gasteiger partial charge in [-0.15, -0.1) is 0 Å². The van der Waals surface area contributed by atoms with Crippen LogP contribution in [0.4, 0.5) is 10.1 Å². The molecule has 3 heteroatoms. The van der Waals surface area contributed by atoms with Gasteiger partial charge in [-0.2, -0.15) is 0 Å². The molecule has 21 heavy (non-hydrogen) atoms. The van der Waals surface area contributed by atoms with Crippen molar-refractivity contribution in [2.75, 3.05) is 5.32 Å². The van der Waals surface area contributed by atoms with E-state index in [4.69, 9.17) is 11.6 Å². The van der Waals surface area contributed by atoms with E-state index in [1.165, 1.54) is 17.2 Å². The van der Waals surface area contributed by atoms with Crippen LogP contribution in [0.1, 0.15) is 36.6 Å². The van der Waals surface area contributed by atoms with Crippen molar-refractivity contribution in [2.24, 2.45) is 5.41 Å². The van der Waals surface area contributed by atoms with Crippen LogP contribution in [-0.4, -0.2) is 0 Å². The lowest BCUT2D eigenvalue weighted by atomic mass is 9.85. The van der Waals surface area contributed by atoms with Crippen LogP contribution in [-0.2, 0) is 6.42 Å². The van der Waals surface area contributed by atoms with Crippen LogP contribution < -0.4 is 5.32 Å². The Morgan fingerprint density at radius 3 is 2.67 bits per heavy atom. The SMILES string of the molecule is Cc1cc(NC2c3cc(Cl)ccc3CC2(C)C)ccc1F. The Kier molecular flexibility index (Phi) is 3.45. The first-order valence-corrected chi connectivity index (χ1v) is 7.56. The van der Waals surface area contributed by atoms with Gasteiger partial charge in [0.15, 0.2) is 0 Å². The molecule has 0 aliphatic heterocycles. The number of halogens is 2. The Morgan fingerprint density at radius 2 is 1.95 bits per heavy atom. The summed E-state index contributed by atoms with van der Waals surface area (Å²) < 4.78 is 13.4. The van der Waals surface area contributed by atoms with Crippen LogP contribution in [0.2, 0.25) is 5.02 Å². The lowest BCUT2D eigenvalue weighted by Gasteiger charge is -2.29. The van der Waals surface area contributed by atoms with Crippen molar-refractivity contribution >= 4 is 17.3 Å². The number of aryl methyl sites for hydroxylation is 1. The summed E-state index contributed by atoms with van der Waals surface area (Å²) >= 11 is 6.15. The van der Waals surface area contributed by atoms with Crippen LogP contribution in [0.25, 0.3) is 0 Å². The number of fused-ring (bicyclic) bond motifs is 1. The lowest BCUT2D eigenvalue weighted by molar-refractivity contribution is 0.337. The molecule has 1 nitrogen and oxygen atoms in total. The lowest BCUT2D eigenvalue weighted by Crippen LogP contribution is -2.24. The third-order valence-electron chi connectivity index (χ3n) is 4.32. The molecule has 3 rings (SSSR count). The van der Waals surface area contributed by atoms with E-state index in [1.807, 2.05) is 18.2 Å². The smallest absolute Gasteiger partial charge is 0.126 e. The van der Waals surface area contributed by atoms with Gasteiger partial charge < -0.3 is 5.32 Å². The molecule has 0 radical (unpaired) electrons. The molecule has 0 heterocycles. The summed E-state index contributed by atoms with van der Waals surface area (Å²) in [6.45, 7) is 6.27. The van der Waals surface area contributed by atoms with Crippen molar-refractivity contribution in [3.05, 3.63) is 63.9 Å². The zero-order valence-corrected chi connectivity index (χ0v) is 13.3. The molecule has 1 aliphatic carbocycles. The van der Waals surface area contributed by atoms with Crippen LogP contribution in [0.15, 0.2) is 36.4 Å². The standard InChI is InChI=1S/C18H19ClFN/c1-11-8-14(6-7-16(11)20)21-17-15-9-13(19)5-4-12(15)10-18(17,2)3/h4-9,17,21H,10H2,1-3H3. The third kappa shape index (κ3) is 2.65. The highest BCUT2D eigenvalue weighted by Gasteiger charge is 2.39. The molecule has 0 bridgehead atoms. The molecule has 2 aromatic carbocycles. The Bertz CT molecular complexity index is 694. The quantitative estimate of drug-likeness (QED) is 0.770. The highest BCUT2D eigenvalue weighted by atomic mass is 35.5. The van der Waals surface area contributed by atoms with Gasteiger partial charge in [0.25, 0.3) is 0 Å². The van der Waals surface area contributed by atoms with Gasteiger partial charge in [-0.1, -0.05) is 31.5 Å². The highest BCUT2D eigenvalue weighted by Crippen LogP contribution is 2.47. The molecule has 0 spiro atoms. The van der Waals surface area contributed by atoms with Gasteiger partial charge in [-0.3, -0.25) is 0 Å². The van der Waals surface area contributed by atoms with Crippen LogP contribution >= 0.6 is 11.6 Å². The second-order valence-electron chi connectivity index (χ2n) is 6.55. The average Bonchev–Trinajstić information content (AvgIpc) is 2.65. The largest absolute Gasteiger partial charge is 0.378 e. The summed E-state index contributed by atoms with van der Waals surface area (Å²) in [5, 5.41) is 4.32. The molecular weight excluding hydrogens is 285 g/mol. The maximum atomic E-state index is 13.4. The fourth-order valence-electron chi connectivity index (χ4n) is 3.18. The van der Waals surface area contributed by atoms with E-state index in [9.17, 15) is 4.39 Å². The van der Waals surface area contributed by atoms with Gasteiger partial charge in [-0.25, -0.2) is 4.39 Å². The van der Waals surface area contributed by atoms with Crippen LogP contribution in [0.3, 0.4) is 0 Å². The number of nitrogens with one attached hydrogen (secondary N) is 1. The van der Waals surface area contributed by atoms with Gasteiger partial charge in [0.2, 0.25) is 0 Å². The minimum Gasteiger partial charge on any atom is -0.378 e. The summed E-state index contributed by atoms with van der Waals surface area (Å²) in [7, 11) is 0. The number of hydrogen-bond acceptors (Lipinski definition) is 1. The minimum absolute atomic E-state index is 0.0926. The molecule has 2 aromatic rings. The highest BCUT2D eigenvalue weighted by molar-refractivity contribution is 6.30. The van der Waals surface area contributed by atoms with E-state index < -0.39 is 0 Å². The Hall–Kier alpha value is -1.54. The van der Waals surface area contributed by atoms with Crippen LogP contribution in [0.5, 0.6) is 0 Å². The monoisotopic (exact) mass is 303 g/mol. The molecule has 0 saturated heterocycles. The molecular formula is C18H19ClFN. The van der Waals surface area contributed by atoms with E-state index >= 15 is 0 Å². The number of hydrogen-bond donors (Lipinski definition) is 1. The fourth-order valence-corrected chi connectivity index (χ4v) is 3.36. The summed E-state index contributed by atoms with van der Waals surface area (Å²) in [6.07, 6.45) is 1.01. The van der Waals surface area contributed by atoms with Crippen molar-refractivity contribution in [1.82, 2.24) is 0 Å². The predicted molar refractivity (Wildman–Crippen MR) is 86.4 cm³/mol. The Labute approximate surface area is 130 Å². The van der Waals surface area contributed by atoms with Crippen molar-refractivity contribution in [1.29, 1.82) is 0 Å². The van der Waals surface area contributed by atoms with Crippen LogP contribution in [0, 0.1) is 18.2 Å². The normalized spacial score (nSPS) is 19.4. The predicted octanol–water partition coefficient (Wildman–Crippen LogP) is 5.52. The van der Waals surface area contributed by atoms with Crippen molar-refractivity contribution in [3.63, 3.8) is 0 Å². The zero-order valence-electron chi connectivity index (χ0n) is 12.5. The fraction of sp³-hybridized carbons (Fsp3) is 0.333. The van der Waals surface area contributed by atoms with E-state index in [1.54, 1.807) is 13.0 Å². The van der Waals surface area contributed by atoms with Crippen molar-refractivity contribution in [2.45, 2.75) is 33.2 Å². The molecule has 1 atom stereocenters. The summed E-state index contributed by atoms with van der Waals surface area (Å²) in [4.78, 5) is 0. The number of anilines is 1. The van der Waals surface area contributed by atoms with Gasteiger partial charge >= 0.3 is 0 Å². The zero-order chi connectivity index (χ0) is 15.2. The average molecular weight is 304 g/mol. The first-order chi connectivity index (χ1) is 9.87. The molecule has 110 valence electrons. The minimum atomic E-state index is -0.172. The number of rotatable bonds is 2. The second-order valence-corrected chi connectivity index (χ2v) is 6.99. The van der Waals surface area contributed by atoms with Gasteiger partial charge in [0, 0.05) is 10.7 Å². The summed E-state index contributed by atoms with van der Waals surface area (Å²) in [6, 6.07) is 11.4. The van der Waals surface area contributed by atoms with E-state index in [-0.39, 0.29) is 17.3 Å². The van der Waals surface area contributed by atoms with Gasteiger partial charge in [-0.05, 0) is 65.8 Å². The first kappa shape index (κ1) is 14.4. The maximum absolute atomic E-state index is 13.4. The Balaban J connectivity index is 1.97. The Morgan fingerprint density at radius 1 is 1.19 bits per heavy atom. The third-order valence-corrected chi connectivity index (χ3v) is 4.55. The summed E-state index contributed by atoms with van der Waals surface area (Å²) in [5.41, 5.74) is 4.27. The molecule has 0 aromatic heterocycles. The van der Waals surface area contributed by atoms with Gasteiger partial charge in [0.05, 0.1) is 6.04 Å². The maximum Gasteiger partial charge on any atom is 0.126 e. The molecule has 1 N–H and O–H groups in total. The first-order valence-electron chi connectivity index (χ1n) is 7.18. The molecule has 0 amide bonds. The number of benzene rings is 2. The molecule has 1 unspecified atom stereocenters. The van der Waals surface area contributed by atoms with Crippen molar-refractivity contribution < 1.29 is 4.39 Å². The second kappa shape index (κ2) is 5.03. The van der Waals surface area contributed by atoms with Crippen molar-refractivity contribution in [3.8, 4) is 0 Å². The van der Waals surface area contributed by atoms with E-state index in [0.29, 0.717) is 5.56 Å².